The van der Waals surface area contributed by atoms with Crippen LogP contribution in [0.1, 0.15) is 17.3 Å². The predicted octanol–water partition coefficient (Wildman–Crippen LogP) is 2.43. The van der Waals surface area contributed by atoms with E-state index in [1.165, 1.54) is 43.2 Å². The van der Waals surface area contributed by atoms with Crippen LogP contribution in [0.5, 0.6) is 5.75 Å². The number of esters is 2. The van der Waals surface area contributed by atoms with Crippen LogP contribution in [-0.2, 0) is 14.3 Å². The Labute approximate surface area is 139 Å². The summed E-state index contributed by atoms with van der Waals surface area (Å²) in [6.07, 6.45) is 0. The third-order valence-electron chi connectivity index (χ3n) is 3.19. The minimum absolute atomic E-state index is 0.203. The second kappa shape index (κ2) is 7.92. The van der Waals surface area contributed by atoms with E-state index in [9.17, 15) is 14.4 Å². The Morgan fingerprint density at radius 2 is 1.58 bits per heavy atom. The molecule has 0 fully saturated rings. The number of anilines is 1. The second-order valence-corrected chi connectivity index (χ2v) is 4.92. The van der Waals surface area contributed by atoms with E-state index in [4.69, 9.17) is 4.74 Å². The molecule has 0 bridgehead atoms. The van der Waals surface area contributed by atoms with Crippen LogP contribution < -0.4 is 9.64 Å². The van der Waals surface area contributed by atoms with Gasteiger partial charge in [-0.1, -0.05) is 18.2 Å². The molecule has 0 aromatic heterocycles. The number of benzene rings is 2. The summed E-state index contributed by atoms with van der Waals surface area (Å²) in [6.45, 7) is 1.09. The molecule has 0 unspecified atom stereocenters. The molecule has 1 amide bonds. The molecule has 0 radical (unpaired) electrons. The Morgan fingerprint density at radius 3 is 2.12 bits per heavy atom. The SMILES string of the molecule is COC(=O)CN(C(=O)c1ccc(OC(C)=O)cc1)c1ccccc1. The first-order chi connectivity index (χ1) is 11.5. The Bertz CT molecular complexity index is 725. The van der Waals surface area contributed by atoms with Gasteiger partial charge in [0.1, 0.15) is 12.3 Å². The molecule has 0 atom stereocenters. The van der Waals surface area contributed by atoms with Crippen molar-refractivity contribution in [3.63, 3.8) is 0 Å². The van der Waals surface area contributed by atoms with Crippen LogP contribution in [0.3, 0.4) is 0 Å². The molecule has 0 heterocycles. The van der Waals surface area contributed by atoms with Gasteiger partial charge in [0.2, 0.25) is 0 Å². The van der Waals surface area contributed by atoms with Crippen LogP contribution in [0.15, 0.2) is 54.6 Å². The monoisotopic (exact) mass is 327 g/mol. The highest BCUT2D eigenvalue weighted by molar-refractivity contribution is 6.08. The summed E-state index contributed by atoms with van der Waals surface area (Å²) in [5.41, 5.74) is 0.940. The van der Waals surface area contributed by atoms with E-state index in [2.05, 4.69) is 4.74 Å². The average Bonchev–Trinajstić information content (AvgIpc) is 2.59. The molecule has 2 aromatic carbocycles. The molecule has 0 saturated heterocycles. The van der Waals surface area contributed by atoms with Crippen molar-refractivity contribution >= 4 is 23.5 Å². The van der Waals surface area contributed by atoms with Gasteiger partial charge >= 0.3 is 11.9 Å². The lowest BCUT2D eigenvalue weighted by Crippen LogP contribution is -2.36. The van der Waals surface area contributed by atoms with Gasteiger partial charge in [0.15, 0.2) is 0 Å². The molecule has 0 saturated carbocycles. The van der Waals surface area contributed by atoms with Crippen LogP contribution in [0.2, 0.25) is 0 Å². The Balaban J connectivity index is 2.27. The lowest BCUT2D eigenvalue weighted by atomic mass is 10.1. The molecular formula is C18H17NO5. The minimum Gasteiger partial charge on any atom is -0.468 e. The van der Waals surface area contributed by atoms with Crippen LogP contribution in [0.25, 0.3) is 0 Å². The molecule has 124 valence electrons. The number of nitrogens with zero attached hydrogens (tertiary/aromatic N) is 1. The molecule has 6 nitrogen and oxygen atoms in total. The third kappa shape index (κ3) is 4.42. The topological polar surface area (TPSA) is 72.9 Å². The number of ether oxygens (including phenoxy) is 2. The van der Waals surface area contributed by atoms with Crippen molar-refractivity contribution in [2.75, 3.05) is 18.6 Å². The molecule has 2 rings (SSSR count). The first-order valence-electron chi connectivity index (χ1n) is 7.23. The Kier molecular flexibility index (Phi) is 5.68. The summed E-state index contributed by atoms with van der Waals surface area (Å²) in [4.78, 5) is 36.6. The molecule has 6 heteroatoms. The van der Waals surface area contributed by atoms with Crippen molar-refractivity contribution in [1.82, 2.24) is 0 Å². The zero-order valence-corrected chi connectivity index (χ0v) is 13.4. The Morgan fingerprint density at radius 1 is 0.958 bits per heavy atom. The second-order valence-electron chi connectivity index (χ2n) is 4.92. The quantitative estimate of drug-likeness (QED) is 0.623. The van der Waals surface area contributed by atoms with Crippen molar-refractivity contribution in [3.8, 4) is 5.75 Å². The van der Waals surface area contributed by atoms with Gasteiger partial charge in [-0.15, -0.1) is 0 Å². The van der Waals surface area contributed by atoms with E-state index in [0.29, 0.717) is 17.0 Å². The predicted molar refractivity (Wildman–Crippen MR) is 87.9 cm³/mol. The Hall–Kier alpha value is -3.15. The third-order valence-corrected chi connectivity index (χ3v) is 3.19. The molecule has 0 aliphatic carbocycles. The number of rotatable bonds is 5. The summed E-state index contributed by atoms with van der Waals surface area (Å²) in [5.74, 6) is -0.978. The summed E-state index contributed by atoms with van der Waals surface area (Å²) in [7, 11) is 1.27. The lowest BCUT2D eigenvalue weighted by Gasteiger charge is -2.21. The van der Waals surface area contributed by atoms with Crippen LogP contribution in [0, 0.1) is 0 Å². The van der Waals surface area contributed by atoms with Gasteiger partial charge < -0.3 is 9.47 Å². The summed E-state index contributed by atoms with van der Waals surface area (Å²) in [5, 5.41) is 0. The number of para-hydroxylation sites is 1. The highest BCUT2D eigenvalue weighted by Crippen LogP contribution is 2.19. The smallest absolute Gasteiger partial charge is 0.325 e. The maximum atomic E-state index is 12.7. The van der Waals surface area contributed by atoms with Gasteiger partial charge in [-0.05, 0) is 36.4 Å². The van der Waals surface area contributed by atoms with Crippen molar-refractivity contribution in [3.05, 3.63) is 60.2 Å². The first-order valence-corrected chi connectivity index (χ1v) is 7.23. The van der Waals surface area contributed by atoms with Gasteiger partial charge in [0.05, 0.1) is 7.11 Å². The van der Waals surface area contributed by atoms with Gasteiger partial charge in [0, 0.05) is 18.2 Å². The van der Waals surface area contributed by atoms with Crippen molar-refractivity contribution in [1.29, 1.82) is 0 Å². The highest BCUT2D eigenvalue weighted by atomic mass is 16.5. The molecule has 24 heavy (non-hydrogen) atoms. The largest absolute Gasteiger partial charge is 0.468 e. The number of hydrogen-bond donors (Lipinski definition) is 0. The zero-order valence-electron chi connectivity index (χ0n) is 13.4. The summed E-state index contributed by atoms with van der Waals surface area (Å²) < 4.78 is 9.60. The van der Waals surface area contributed by atoms with E-state index in [-0.39, 0.29) is 12.5 Å². The van der Waals surface area contributed by atoms with Gasteiger partial charge in [-0.3, -0.25) is 19.3 Å². The molecule has 0 aliphatic rings. The fraction of sp³-hybridized carbons (Fsp3) is 0.167. The van der Waals surface area contributed by atoms with Gasteiger partial charge in [-0.25, -0.2) is 0 Å². The average molecular weight is 327 g/mol. The van der Waals surface area contributed by atoms with Crippen molar-refractivity contribution in [2.45, 2.75) is 6.92 Å². The van der Waals surface area contributed by atoms with Crippen LogP contribution in [-0.4, -0.2) is 31.5 Å². The van der Waals surface area contributed by atoms with Gasteiger partial charge in [0.25, 0.3) is 5.91 Å². The minimum atomic E-state index is -0.524. The number of methoxy groups -OCH3 is 1. The van der Waals surface area contributed by atoms with Gasteiger partial charge in [-0.2, -0.15) is 0 Å². The first kappa shape index (κ1) is 17.2. The fourth-order valence-corrected chi connectivity index (χ4v) is 2.07. The van der Waals surface area contributed by atoms with E-state index in [1.54, 1.807) is 24.3 Å². The number of amides is 1. The summed E-state index contributed by atoms with van der Waals surface area (Å²) >= 11 is 0. The number of carbonyl (C=O) groups is 3. The highest BCUT2D eigenvalue weighted by Gasteiger charge is 2.21. The van der Waals surface area contributed by atoms with Crippen molar-refractivity contribution < 1.29 is 23.9 Å². The standard InChI is InChI=1S/C18H17NO5/c1-13(20)24-16-10-8-14(9-11-16)18(22)19(12-17(21)23-2)15-6-4-3-5-7-15/h3-11H,12H2,1-2H3. The fourth-order valence-electron chi connectivity index (χ4n) is 2.07. The molecule has 0 N–H and O–H groups in total. The van der Waals surface area contributed by atoms with E-state index in [0.717, 1.165) is 0 Å². The summed E-state index contributed by atoms with van der Waals surface area (Å²) in [6, 6.07) is 14.9. The van der Waals surface area contributed by atoms with E-state index < -0.39 is 11.9 Å². The molecular weight excluding hydrogens is 310 g/mol. The maximum Gasteiger partial charge on any atom is 0.325 e. The lowest BCUT2D eigenvalue weighted by molar-refractivity contribution is -0.139. The molecule has 0 aliphatic heterocycles. The van der Waals surface area contributed by atoms with E-state index >= 15 is 0 Å². The van der Waals surface area contributed by atoms with E-state index in [1.807, 2.05) is 6.07 Å². The zero-order chi connectivity index (χ0) is 17.5. The normalized spacial score (nSPS) is 9.92. The number of carbonyl (C=O) groups excluding carboxylic acids is 3. The maximum absolute atomic E-state index is 12.7. The molecule has 0 spiro atoms. The van der Waals surface area contributed by atoms with Crippen molar-refractivity contribution in [2.24, 2.45) is 0 Å². The number of hydrogen-bond acceptors (Lipinski definition) is 5. The van der Waals surface area contributed by atoms with Crippen LogP contribution in [0.4, 0.5) is 5.69 Å². The van der Waals surface area contributed by atoms with Crippen LogP contribution >= 0.6 is 0 Å². The molecule has 2 aromatic rings.